The molecule has 27 heavy (non-hydrogen) atoms. The van der Waals surface area contributed by atoms with Gasteiger partial charge in [-0.3, -0.25) is 19.6 Å². The summed E-state index contributed by atoms with van der Waals surface area (Å²) >= 11 is 0. The van der Waals surface area contributed by atoms with Crippen molar-refractivity contribution in [2.24, 2.45) is 0 Å². The van der Waals surface area contributed by atoms with Crippen molar-refractivity contribution in [3.63, 3.8) is 0 Å². The molecule has 0 spiro atoms. The van der Waals surface area contributed by atoms with E-state index in [0.717, 1.165) is 0 Å². The maximum atomic E-state index is 12.3. The zero-order valence-electron chi connectivity index (χ0n) is 15.0. The number of benzene rings is 1. The van der Waals surface area contributed by atoms with Crippen LogP contribution < -0.4 is 0 Å². The van der Waals surface area contributed by atoms with Crippen molar-refractivity contribution >= 4 is 17.5 Å². The molecular formula is C20H19N3O4. The molecule has 0 N–H and O–H groups in total. The van der Waals surface area contributed by atoms with E-state index in [2.05, 4.69) is 18.9 Å². The molecule has 0 unspecified atom stereocenters. The van der Waals surface area contributed by atoms with Gasteiger partial charge >= 0.3 is 5.69 Å². The van der Waals surface area contributed by atoms with Crippen LogP contribution in [0.4, 0.5) is 5.69 Å². The molecular weight excluding hydrogens is 346 g/mol. The summed E-state index contributed by atoms with van der Waals surface area (Å²) in [5.41, 5.74) is 1.73. The maximum absolute atomic E-state index is 12.3. The van der Waals surface area contributed by atoms with Crippen molar-refractivity contribution in [3.05, 3.63) is 87.6 Å². The van der Waals surface area contributed by atoms with Crippen molar-refractivity contribution < 1.29 is 14.1 Å². The lowest BCUT2D eigenvalue weighted by atomic mass is 10.0. The number of carbonyl (C=O) groups is 1. The van der Waals surface area contributed by atoms with Crippen LogP contribution in [0.2, 0.25) is 0 Å². The van der Waals surface area contributed by atoms with Crippen LogP contribution in [0.5, 0.6) is 0 Å². The minimum absolute atomic E-state index is 0.0734. The van der Waals surface area contributed by atoms with Gasteiger partial charge in [-0.2, -0.15) is 5.10 Å². The fraction of sp³-hybridized carbons (Fsp3) is 0.200. The van der Waals surface area contributed by atoms with Gasteiger partial charge < -0.3 is 4.42 Å². The summed E-state index contributed by atoms with van der Waals surface area (Å²) in [6.07, 6.45) is 5.59. The Labute approximate surface area is 156 Å². The van der Waals surface area contributed by atoms with E-state index in [0.29, 0.717) is 23.0 Å². The van der Waals surface area contributed by atoms with E-state index >= 15 is 0 Å². The Balaban J connectivity index is 1.63. The lowest BCUT2D eigenvalue weighted by Crippen LogP contribution is -1.98. The second kappa shape index (κ2) is 7.82. The Hall–Kier alpha value is -3.48. The highest BCUT2D eigenvalue weighted by Crippen LogP contribution is 2.16. The molecule has 0 aliphatic rings. The molecule has 7 heteroatoms. The predicted octanol–water partition coefficient (Wildman–Crippen LogP) is 4.45. The number of nitro groups is 1. The van der Waals surface area contributed by atoms with Gasteiger partial charge in [-0.1, -0.05) is 38.1 Å². The van der Waals surface area contributed by atoms with E-state index in [1.54, 1.807) is 18.2 Å². The molecule has 0 radical (unpaired) electrons. The Morgan fingerprint density at radius 2 is 2.00 bits per heavy atom. The van der Waals surface area contributed by atoms with Crippen LogP contribution in [0.25, 0.3) is 6.08 Å². The van der Waals surface area contributed by atoms with Crippen LogP contribution in [-0.2, 0) is 6.54 Å². The van der Waals surface area contributed by atoms with E-state index in [9.17, 15) is 14.9 Å². The lowest BCUT2D eigenvalue weighted by Gasteiger charge is -2.04. The number of furan rings is 1. The summed E-state index contributed by atoms with van der Waals surface area (Å²) in [7, 11) is 0. The van der Waals surface area contributed by atoms with Crippen molar-refractivity contribution in [2.45, 2.75) is 26.3 Å². The highest BCUT2D eigenvalue weighted by atomic mass is 16.6. The fourth-order valence-electron chi connectivity index (χ4n) is 2.55. The minimum atomic E-state index is -0.501. The Morgan fingerprint density at radius 3 is 2.63 bits per heavy atom. The van der Waals surface area contributed by atoms with Gasteiger partial charge in [0.15, 0.2) is 5.78 Å². The maximum Gasteiger partial charge on any atom is 0.307 e. The van der Waals surface area contributed by atoms with Gasteiger partial charge in [-0.15, -0.1) is 0 Å². The third-order valence-corrected chi connectivity index (χ3v) is 4.09. The van der Waals surface area contributed by atoms with Gasteiger partial charge in [0.2, 0.25) is 0 Å². The van der Waals surface area contributed by atoms with Crippen molar-refractivity contribution in [1.29, 1.82) is 0 Å². The van der Waals surface area contributed by atoms with E-state index in [1.807, 2.05) is 24.3 Å². The monoisotopic (exact) mass is 365 g/mol. The van der Waals surface area contributed by atoms with E-state index in [1.165, 1.54) is 28.7 Å². The zero-order valence-corrected chi connectivity index (χ0v) is 15.0. The molecule has 2 heterocycles. The quantitative estimate of drug-likeness (QED) is 0.267. The van der Waals surface area contributed by atoms with Crippen molar-refractivity contribution in [2.75, 3.05) is 0 Å². The van der Waals surface area contributed by atoms with Gasteiger partial charge in [0.1, 0.15) is 23.9 Å². The molecule has 0 atom stereocenters. The summed E-state index contributed by atoms with van der Waals surface area (Å²) in [6.45, 7) is 4.48. The summed E-state index contributed by atoms with van der Waals surface area (Å²) in [5, 5.41) is 14.6. The molecule has 0 fully saturated rings. The normalized spacial score (nSPS) is 11.4. The van der Waals surface area contributed by atoms with Crippen LogP contribution in [0.3, 0.4) is 0 Å². The number of rotatable bonds is 7. The number of hydrogen-bond donors (Lipinski definition) is 0. The molecule has 0 amide bonds. The molecule has 0 saturated heterocycles. The Morgan fingerprint density at radius 1 is 1.26 bits per heavy atom. The summed E-state index contributed by atoms with van der Waals surface area (Å²) in [6, 6.07) is 11.0. The Bertz CT molecular complexity index is 981. The zero-order chi connectivity index (χ0) is 19.4. The lowest BCUT2D eigenvalue weighted by molar-refractivity contribution is -0.385. The molecule has 0 aliphatic carbocycles. The molecule has 3 rings (SSSR count). The first-order chi connectivity index (χ1) is 12.9. The fourth-order valence-corrected chi connectivity index (χ4v) is 2.55. The highest BCUT2D eigenvalue weighted by Gasteiger charge is 2.10. The number of hydrogen-bond acceptors (Lipinski definition) is 5. The number of allylic oxidation sites excluding steroid dienone is 1. The second-order valence-corrected chi connectivity index (χ2v) is 6.43. The number of ketones is 1. The highest BCUT2D eigenvalue weighted by molar-refractivity contribution is 6.06. The van der Waals surface area contributed by atoms with E-state index in [4.69, 9.17) is 4.42 Å². The third kappa shape index (κ3) is 4.58. The average molecular weight is 365 g/mol. The number of nitrogens with zero attached hydrogens (tertiary/aromatic N) is 3. The summed E-state index contributed by atoms with van der Waals surface area (Å²) in [4.78, 5) is 22.4. The van der Waals surface area contributed by atoms with Crippen molar-refractivity contribution in [1.82, 2.24) is 9.78 Å². The molecule has 0 bridgehead atoms. The van der Waals surface area contributed by atoms with Crippen LogP contribution in [0, 0.1) is 10.1 Å². The van der Waals surface area contributed by atoms with Gasteiger partial charge in [0, 0.05) is 5.56 Å². The predicted molar refractivity (Wildman–Crippen MR) is 101 cm³/mol. The second-order valence-electron chi connectivity index (χ2n) is 6.43. The molecule has 138 valence electrons. The van der Waals surface area contributed by atoms with Crippen LogP contribution in [0.1, 0.15) is 47.2 Å². The van der Waals surface area contributed by atoms with E-state index in [-0.39, 0.29) is 18.0 Å². The van der Waals surface area contributed by atoms with Crippen LogP contribution >= 0.6 is 0 Å². The van der Waals surface area contributed by atoms with Gasteiger partial charge in [0.25, 0.3) is 0 Å². The smallest absolute Gasteiger partial charge is 0.307 e. The van der Waals surface area contributed by atoms with Gasteiger partial charge in [-0.25, -0.2) is 0 Å². The SMILES string of the molecule is CC(C)c1ccc(C(=O)/C=C/c2ccc(Cn3cc([N+](=O)[O-])cn3)o2)cc1. The molecule has 0 aliphatic heterocycles. The van der Waals surface area contributed by atoms with Crippen LogP contribution in [-0.4, -0.2) is 20.5 Å². The molecule has 0 saturated carbocycles. The average Bonchev–Trinajstić information content (AvgIpc) is 3.30. The minimum Gasteiger partial charge on any atom is -0.460 e. The van der Waals surface area contributed by atoms with E-state index < -0.39 is 4.92 Å². The topological polar surface area (TPSA) is 91.2 Å². The third-order valence-electron chi connectivity index (χ3n) is 4.09. The molecule has 2 aromatic heterocycles. The van der Waals surface area contributed by atoms with Crippen LogP contribution in [0.15, 0.2) is 59.3 Å². The van der Waals surface area contributed by atoms with Gasteiger partial charge in [0.05, 0.1) is 11.5 Å². The largest absolute Gasteiger partial charge is 0.460 e. The van der Waals surface area contributed by atoms with Crippen molar-refractivity contribution in [3.8, 4) is 0 Å². The molecule has 7 nitrogen and oxygen atoms in total. The summed E-state index contributed by atoms with van der Waals surface area (Å²) < 4.78 is 7.05. The first-order valence-electron chi connectivity index (χ1n) is 8.50. The standard InChI is InChI=1S/C20H19N3O4/c1-14(2)15-3-5-16(6-4-15)20(24)10-9-18-7-8-19(27-18)13-22-12-17(11-21-22)23(25)26/h3-12,14H,13H2,1-2H3/b10-9+. The number of carbonyl (C=O) groups excluding carboxylic acids is 1. The molecule has 1 aromatic carbocycles. The Kier molecular flexibility index (Phi) is 5.30. The van der Waals surface area contributed by atoms with Gasteiger partial charge in [-0.05, 0) is 35.8 Å². The summed E-state index contributed by atoms with van der Waals surface area (Å²) in [5.74, 6) is 1.42. The number of aromatic nitrogens is 2. The first-order valence-corrected chi connectivity index (χ1v) is 8.50. The molecule has 3 aromatic rings. The first kappa shape index (κ1) is 18.3.